The number of hydrogen-bond donors (Lipinski definition) is 0. The number of thiophene rings is 1. The van der Waals surface area contributed by atoms with Crippen LogP contribution in [-0.4, -0.2) is 9.55 Å². The van der Waals surface area contributed by atoms with Gasteiger partial charge in [0.15, 0.2) is 5.16 Å². The minimum atomic E-state index is 0.0133. The molecule has 0 spiro atoms. The lowest BCUT2D eigenvalue weighted by Crippen LogP contribution is -2.21. The van der Waals surface area contributed by atoms with E-state index < -0.39 is 0 Å². The normalized spacial score (nSPS) is 11.3. The van der Waals surface area contributed by atoms with Crippen molar-refractivity contribution < 1.29 is 0 Å². The highest BCUT2D eigenvalue weighted by Crippen LogP contribution is 2.31. The molecule has 0 atom stereocenters. The fourth-order valence-corrected chi connectivity index (χ4v) is 5.51. The van der Waals surface area contributed by atoms with Gasteiger partial charge < -0.3 is 0 Å². The fraction of sp³-hybridized carbons (Fsp3) is 0.217. The molecule has 0 bridgehead atoms. The van der Waals surface area contributed by atoms with E-state index in [0.29, 0.717) is 0 Å². The monoisotopic (exact) mass is 484 g/mol. The van der Waals surface area contributed by atoms with Crippen molar-refractivity contribution in [1.82, 2.24) is 9.55 Å². The van der Waals surface area contributed by atoms with Gasteiger partial charge >= 0.3 is 0 Å². The number of hydrogen-bond acceptors (Lipinski definition) is 4. The van der Waals surface area contributed by atoms with Crippen LogP contribution in [0.5, 0.6) is 0 Å². The zero-order valence-corrected chi connectivity index (χ0v) is 19.7. The molecule has 148 valence electrons. The lowest BCUT2D eigenvalue weighted by atomic mass is 10.1. The lowest BCUT2D eigenvalue weighted by Gasteiger charge is -2.13. The second-order valence-electron chi connectivity index (χ2n) is 6.93. The maximum absolute atomic E-state index is 13.5. The summed E-state index contributed by atoms with van der Waals surface area (Å²) >= 11 is 6.67. The van der Waals surface area contributed by atoms with Crippen molar-refractivity contribution in [3.63, 3.8) is 0 Å². The quantitative estimate of drug-likeness (QED) is 0.234. The molecule has 4 aromatic rings. The molecular formula is C23H21BrN2OS2. The first kappa shape index (κ1) is 20.4. The van der Waals surface area contributed by atoms with Gasteiger partial charge in [-0.15, -0.1) is 11.3 Å². The van der Waals surface area contributed by atoms with E-state index in [-0.39, 0.29) is 5.56 Å². The van der Waals surface area contributed by atoms with Crippen molar-refractivity contribution in [2.45, 2.75) is 38.1 Å². The molecule has 0 saturated carbocycles. The SMILES string of the molecule is CCc1ccc(-n2c(SCc3ccc(Br)cc3)nc3sc(C)c(C)c3c2=O)cc1. The Kier molecular flexibility index (Phi) is 5.95. The van der Waals surface area contributed by atoms with Gasteiger partial charge in [0.1, 0.15) is 4.83 Å². The molecular weight excluding hydrogens is 464 g/mol. The van der Waals surface area contributed by atoms with Crippen LogP contribution < -0.4 is 5.56 Å². The fourth-order valence-electron chi connectivity index (χ4n) is 3.21. The summed E-state index contributed by atoms with van der Waals surface area (Å²) in [6.07, 6.45) is 0.973. The minimum Gasteiger partial charge on any atom is -0.268 e. The zero-order valence-electron chi connectivity index (χ0n) is 16.5. The summed E-state index contributed by atoms with van der Waals surface area (Å²) in [5.74, 6) is 0.752. The summed E-state index contributed by atoms with van der Waals surface area (Å²) in [6.45, 7) is 6.19. The van der Waals surface area contributed by atoms with Gasteiger partial charge in [-0.05, 0) is 61.2 Å². The van der Waals surface area contributed by atoms with Gasteiger partial charge in [-0.2, -0.15) is 0 Å². The number of thioether (sulfide) groups is 1. The van der Waals surface area contributed by atoms with Crippen LogP contribution in [0.25, 0.3) is 15.9 Å². The number of fused-ring (bicyclic) bond motifs is 1. The molecule has 2 heterocycles. The molecule has 0 amide bonds. The van der Waals surface area contributed by atoms with Gasteiger partial charge in [-0.1, -0.05) is 58.9 Å². The van der Waals surface area contributed by atoms with Gasteiger partial charge in [-0.25, -0.2) is 4.98 Å². The molecule has 0 aliphatic rings. The standard InChI is InChI=1S/C23H21BrN2OS2/c1-4-16-7-11-19(12-8-16)26-22(27)20-14(2)15(3)29-21(20)25-23(26)28-13-17-5-9-18(24)10-6-17/h5-12H,4,13H2,1-3H3. The van der Waals surface area contributed by atoms with E-state index in [1.807, 2.05) is 31.2 Å². The lowest BCUT2D eigenvalue weighted by molar-refractivity contribution is 0.821. The van der Waals surface area contributed by atoms with Crippen molar-refractivity contribution in [1.29, 1.82) is 0 Å². The molecule has 29 heavy (non-hydrogen) atoms. The molecule has 0 aliphatic carbocycles. The number of nitrogens with zero attached hydrogens (tertiary/aromatic N) is 2. The Balaban J connectivity index is 1.84. The van der Waals surface area contributed by atoms with Crippen LogP contribution in [0.1, 0.15) is 28.5 Å². The molecule has 4 rings (SSSR count). The summed E-state index contributed by atoms with van der Waals surface area (Å²) < 4.78 is 2.83. The molecule has 0 radical (unpaired) electrons. The summed E-state index contributed by atoms with van der Waals surface area (Å²) in [7, 11) is 0. The zero-order chi connectivity index (χ0) is 20.5. The maximum Gasteiger partial charge on any atom is 0.267 e. The van der Waals surface area contributed by atoms with Crippen LogP contribution in [0.3, 0.4) is 0 Å². The van der Waals surface area contributed by atoms with Gasteiger partial charge in [0.25, 0.3) is 5.56 Å². The van der Waals surface area contributed by atoms with Crippen LogP contribution in [0.15, 0.2) is 63.0 Å². The highest BCUT2D eigenvalue weighted by atomic mass is 79.9. The summed E-state index contributed by atoms with van der Waals surface area (Å²) in [4.78, 5) is 20.4. The van der Waals surface area contributed by atoms with Crippen LogP contribution in [-0.2, 0) is 12.2 Å². The average molecular weight is 485 g/mol. The Bertz CT molecular complexity index is 1230. The molecule has 0 N–H and O–H groups in total. The highest BCUT2D eigenvalue weighted by Gasteiger charge is 2.18. The molecule has 2 aromatic heterocycles. The molecule has 2 aromatic carbocycles. The van der Waals surface area contributed by atoms with E-state index in [0.717, 1.165) is 48.1 Å². The Labute approximate surface area is 186 Å². The first-order valence-corrected chi connectivity index (χ1v) is 12.1. The van der Waals surface area contributed by atoms with Crippen LogP contribution in [0, 0.1) is 13.8 Å². The van der Waals surface area contributed by atoms with Gasteiger partial charge in [0, 0.05) is 15.1 Å². The van der Waals surface area contributed by atoms with Crippen LogP contribution >= 0.6 is 39.0 Å². The van der Waals surface area contributed by atoms with Crippen molar-refractivity contribution >= 4 is 49.2 Å². The summed E-state index contributed by atoms with van der Waals surface area (Å²) in [5, 5.41) is 1.47. The Morgan fingerprint density at radius 3 is 2.34 bits per heavy atom. The third-order valence-corrected chi connectivity index (χ3v) is 7.70. The number of aromatic nitrogens is 2. The van der Waals surface area contributed by atoms with Crippen molar-refractivity contribution in [3.05, 3.63) is 84.9 Å². The van der Waals surface area contributed by atoms with Gasteiger partial charge in [-0.3, -0.25) is 9.36 Å². The van der Waals surface area contributed by atoms with Gasteiger partial charge in [0.05, 0.1) is 11.1 Å². The van der Waals surface area contributed by atoms with Gasteiger partial charge in [0.2, 0.25) is 0 Å². The third-order valence-electron chi connectivity index (χ3n) is 5.06. The predicted molar refractivity (Wildman–Crippen MR) is 128 cm³/mol. The maximum atomic E-state index is 13.5. The van der Waals surface area contributed by atoms with Crippen molar-refractivity contribution in [2.24, 2.45) is 0 Å². The smallest absolute Gasteiger partial charge is 0.267 e. The molecule has 6 heteroatoms. The van der Waals surface area contributed by atoms with Crippen molar-refractivity contribution in [2.75, 3.05) is 0 Å². The average Bonchev–Trinajstić information content (AvgIpc) is 3.01. The third kappa shape index (κ3) is 4.06. The topological polar surface area (TPSA) is 34.9 Å². The Morgan fingerprint density at radius 2 is 1.69 bits per heavy atom. The number of halogens is 1. The summed E-state index contributed by atoms with van der Waals surface area (Å²) in [5.41, 5.74) is 4.36. The van der Waals surface area contributed by atoms with E-state index in [1.54, 1.807) is 27.7 Å². The van der Waals surface area contributed by atoms with E-state index >= 15 is 0 Å². The van der Waals surface area contributed by atoms with E-state index in [4.69, 9.17) is 4.98 Å². The largest absolute Gasteiger partial charge is 0.268 e. The minimum absolute atomic E-state index is 0.0133. The molecule has 0 saturated heterocycles. The second-order valence-corrected chi connectivity index (χ2v) is 9.99. The first-order valence-electron chi connectivity index (χ1n) is 9.47. The number of benzene rings is 2. The molecule has 3 nitrogen and oxygen atoms in total. The van der Waals surface area contributed by atoms with E-state index in [2.05, 4.69) is 54.0 Å². The Hall–Kier alpha value is -1.89. The van der Waals surface area contributed by atoms with Crippen LogP contribution in [0.2, 0.25) is 0 Å². The first-order chi connectivity index (χ1) is 14.0. The van der Waals surface area contributed by atoms with E-state index in [9.17, 15) is 4.79 Å². The second kappa shape index (κ2) is 8.46. The van der Waals surface area contributed by atoms with Crippen molar-refractivity contribution in [3.8, 4) is 5.69 Å². The summed E-state index contributed by atoms with van der Waals surface area (Å²) in [6, 6.07) is 16.5. The molecule has 0 aliphatic heterocycles. The predicted octanol–water partition coefficient (Wildman–Crippen LogP) is 6.68. The van der Waals surface area contributed by atoms with Crippen LogP contribution in [0.4, 0.5) is 0 Å². The number of rotatable bonds is 5. The highest BCUT2D eigenvalue weighted by molar-refractivity contribution is 9.10. The molecule has 0 fully saturated rings. The van der Waals surface area contributed by atoms with E-state index in [1.165, 1.54) is 11.1 Å². The Morgan fingerprint density at radius 1 is 1.03 bits per heavy atom. The molecule has 0 unspecified atom stereocenters. The number of aryl methyl sites for hydroxylation is 3.